The van der Waals surface area contributed by atoms with Gasteiger partial charge in [-0.2, -0.15) is 0 Å². The molecule has 0 radical (unpaired) electrons. The van der Waals surface area contributed by atoms with Crippen LogP contribution in [-0.2, 0) is 6.42 Å². The van der Waals surface area contributed by atoms with Crippen LogP contribution in [0.4, 0.5) is 0 Å². The Morgan fingerprint density at radius 3 is 2.68 bits per heavy atom. The van der Waals surface area contributed by atoms with E-state index >= 15 is 0 Å². The molecule has 0 saturated heterocycles. The maximum atomic E-state index is 4.39. The van der Waals surface area contributed by atoms with Gasteiger partial charge in [-0.3, -0.25) is 0 Å². The molecule has 1 atom stereocenters. The Morgan fingerprint density at radius 2 is 2.00 bits per heavy atom. The van der Waals surface area contributed by atoms with Crippen molar-refractivity contribution in [3.63, 3.8) is 0 Å². The fourth-order valence-electron chi connectivity index (χ4n) is 3.18. The summed E-state index contributed by atoms with van der Waals surface area (Å²) in [7, 11) is 4.28. The van der Waals surface area contributed by atoms with E-state index in [4.69, 9.17) is 0 Å². The maximum Gasteiger partial charge on any atom is 0.124 e. The molecule has 1 aromatic heterocycles. The summed E-state index contributed by atoms with van der Waals surface area (Å²) < 4.78 is 0. The fourth-order valence-corrected chi connectivity index (χ4v) is 3.94. The van der Waals surface area contributed by atoms with Gasteiger partial charge in [-0.15, -0.1) is 21.5 Å². The number of allylic oxidation sites excluding steroid dienone is 1. The van der Waals surface area contributed by atoms with Gasteiger partial charge in [-0.05, 0) is 50.6 Å². The molecule has 1 aromatic carbocycles. The molecule has 3 rings (SSSR count). The first kappa shape index (κ1) is 15.4. The van der Waals surface area contributed by atoms with Crippen molar-refractivity contribution in [3.8, 4) is 0 Å². The summed E-state index contributed by atoms with van der Waals surface area (Å²) in [4.78, 5) is 2.26. The van der Waals surface area contributed by atoms with Crippen LogP contribution in [0, 0.1) is 6.92 Å². The van der Waals surface area contributed by atoms with Gasteiger partial charge in [0.15, 0.2) is 0 Å². The largest absolute Gasteiger partial charge is 0.309 e. The molecule has 0 aliphatic heterocycles. The number of hydrogen-bond donors (Lipinski definition) is 0. The van der Waals surface area contributed by atoms with E-state index in [9.17, 15) is 0 Å². The van der Waals surface area contributed by atoms with E-state index in [0.717, 1.165) is 29.4 Å². The Morgan fingerprint density at radius 1 is 1.23 bits per heavy atom. The average molecular weight is 313 g/mol. The molecule has 3 nitrogen and oxygen atoms in total. The van der Waals surface area contributed by atoms with E-state index in [1.165, 1.54) is 16.7 Å². The van der Waals surface area contributed by atoms with Crippen LogP contribution in [0.25, 0.3) is 5.57 Å². The lowest BCUT2D eigenvalue weighted by atomic mass is 9.93. The predicted molar refractivity (Wildman–Crippen MR) is 93.3 cm³/mol. The number of benzene rings is 1. The third-order valence-electron chi connectivity index (χ3n) is 4.30. The molecule has 1 aliphatic rings. The summed E-state index contributed by atoms with van der Waals surface area (Å²) in [6, 6.07) is 8.81. The van der Waals surface area contributed by atoms with Crippen molar-refractivity contribution >= 4 is 16.9 Å². The van der Waals surface area contributed by atoms with Gasteiger partial charge in [0.25, 0.3) is 0 Å². The second kappa shape index (κ2) is 6.31. The van der Waals surface area contributed by atoms with E-state index in [2.05, 4.69) is 60.4 Å². The number of hydrogen-bond acceptors (Lipinski definition) is 4. The van der Waals surface area contributed by atoms with Crippen LogP contribution in [0.15, 0.2) is 29.8 Å². The van der Waals surface area contributed by atoms with Crippen LogP contribution >= 0.6 is 11.3 Å². The zero-order valence-corrected chi connectivity index (χ0v) is 14.6. The lowest BCUT2D eigenvalue weighted by Gasteiger charge is -2.16. The Bertz CT molecular complexity index is 700. The van der Waals surface area contributed by atoms with Crippen LogP contribution in [0.3, 0.4) is 0 Å². The van der Waals surface area contributed by atoms with Crippen molar-refractivity contribution in [1.82, 2.24) is 15.1 Å². The van der Waals surface area contributed by atoms with E-state index in [1.807, 2.05) is 6.92 Å². The molecule has 1 unspecified atom stereocenters. The molecule has 2 aromatic rings. The van der Waals surface area contributed by atoms with Crippen LogP contribution in [0.1, 0.15) is 40.4 Å². The molecule has 0 spiro atoms. The van der Waals surface area contributed by atoms with Crippen molar-refractivity contribution in [3.05, 3.63) is 51.0 Å². The highest BCUT2D eigenvalue weighted by molar-refractivity contribution is 7.11. The molecular formula is C18H23N3S. The van der Waals surface area contributed by atoms with Crippen molar-refractivity contribution in [2.24, 2.45) is 0 Å². The fraction of sp³-hybridized carbons (Fsp3) is 0.444. The summed E-state index contributed by atoms with van der Waals surface area (Å²) >= 11 is 1.72. The summed E-state index contributed by atoms with van der Waals surface area (Å²) in [5.41, 5.74) is 5.92. The van der Waals surface area contributed by atoms with Crippen molar-refractivity contribution in [2.75, 3.05) is 20.6 Å². The number of fused-ring (bicyclic) bond motifs is 1. The van der Waals surface area contributed by atoms with E-state index < -0.39 is 0 Å². The average Bonchev–Trinajstić information content (AvgIpc) is 3.07. The number of aromatic nitrogens is 2. The van der Waals surface area contributed by atoms with Gasteiger partial charge >= 0.3 is 0 Å². The van der Waals surface area contributed by atoms with Gasteiger partial charge in [-0.25, -0.2) is 0 Å². The molecule has 116 valence electrons. The second-order valence-electron chi connectivity index (χ2n) is 6.29. The minimum absolute atomic E-state index is 0.326. The first-order chi connectivity index (χ1) is 10.6. The van der Waals surface area contributed by atoms with Crippen molar-refractivity contribution < 1.29 is 0 Å². The predicted octanol–water partition coefficient (Wildman–Crippen LogP) is 3.91. The molecular weight excluding hydrogens is 290 g/mol. The minimum Gasteiger partial charge on any atom is -0.309 e. The maximum absolute atomic E-state index is 4.39. The van der Waals surface area contributed by atoms with Gasteiger partial charge in [0.05, 0.1) is 0 Å². The van der Waals surface area contributed by atoms with Crippen LogP contribution in [0.5, 0.6) is 0 Å². The number of nitrogens with zero attached hydrogens (tertiary/aromatic N) is 3. The second-order valence-corrected chi connectivity index (χ2v) is 7.50. The summed E-state index contributed by atoms with van der Waals surface area (Å²) in [6.45, 7) is 5.39. The normalized spacial score (nSPS) is 15.5. The molecule has 1 aliphatic carbocycles. The van der Waals surface area contributed by atoms with Crippen LogP contribution in [-0.4, -0.2) is 35.7 Å². The van der Waals surface area contributed by atoms with Crippen molar-refractivity contribution in [2.45, 2.75) is 32.6 Å². The van der Waals surface area contributed by atoms with E-state index in [0.29, 0.717) is 5.92 Å². The zero-order chi connectivity index (χ0) is 15.7. The molecule has 1 heterocycles. The smallest absolute Gasteiger partial charge is 0.124 e. The monoisotopic (exact) mass is 313 g/mol. The standard InChI is InChI=1S/C18H23N3S/c1-12(18-20-19-13(2)22-18)17-15(9-10-21(3)4)11-14-7-5-6-8-16(14)17/h5-8,12H,9-11H2,1-4H3. The zero-order valence-electron chi connectivity index (χ0n) is 13.8. The molecule has 0 fully saturated rings. The quantitative estimate of drug-likeness (QED) is 0.838. The molecule has 0 saturated carbocycles. The summed E-state index contributed by atoms with van der Waals surface area (Å²) in [5.74, 6) is 0.326. The van der Waals surface area contributed by atoms with Gasteiger partial charge in [0.2, 0.25) is 0 Å². The highest BCUT2D eigenvalue weighted by atomic mass is 32.1. The Balaban J connectivity index is 1.98. The Kier molecular flexibility index (Phi) is 4.41. The summed E-state index contributed by atoms with van der Waals surface area (Å²) in [5, 5.41) is 10.8. The van der Waals surface area contributed by atoms with Gasteiger partial charge in [0.1, 0.15) is 10.0 Å². The first-order valence-corrected chi connectivity index (χ1v) is 8.63. The Hall–Kier alpha value is -1.52. The first-order valence-electron chi connectivity index (χ1n) is 7.81. The molecule has 0 N–H and O–H groups in total. The third-order valence-corrected chi connectivity index (χ3v) is 5.32. The highest BCUT2D eigenvalue weighted by Gasteiger charge is 2.27. The molecule has 22 heavy (non-hydrogen) atoms. The highest BCUT2D eigenvalue weighted by Crippen LogP contribution is 2.43. The number of rotatable bonds is 5. The summed E-state index contributed by atoms with van der Waals surface area (Å²) in [6.07, 6.45) is 2.21. The van der Waals surface area contributed by atoms with E-state index in [1.54, 1.807) is 16.9 Å². The SMILES string of the molecule is Cc1nnc(C(C)C2=C(CCN(C)C)Cc3ccccc32)s1. The number of aryl methyl sites for hydroxylation is 1. The lowest BCUT2D eigenvalue weighted by molar-refractivity contribution is 0.412. The van der Waals surface area contributed by atoms with Crippen molar-refractivity contribution in [1.29, 1.82) is 0 Å². The van der Waals surface area contributed by atoms with Gasteiger partial charge in [-0.1, -0.05) is 36.8 Å². The molecule has 4 heteroatoms. The van der Waals surface area contributed by atoms with Gasteiger partial charge < -0.3 is 4.90 Å². The van der Waals surface area contributed by atoms with E-state index in [-0.39, 0.29) is 0 Å². The Labute approximate surface area is 136 Å². The minimum atomic E-state index is 0.326. The van der Waals surface area contributed by atoms with Gasteiger partial charge in [0, 0.05) is 12.5 Å². The lowest BCUT2D eigenvalue weighted by Crippen LogP contribution is -2.14. The third kappa shape index (κ3) is 2.99. The van der Waals surface area contributed by atoms with Crippen LogP contribution in [0.2, 0.25) is 0 Å². The van der Waals surface area contributed by atoms with Crippen LogP contribution < -0.4 is 0 Å². The topological polar surface area (TPSA) is 29.0 Å². The molecule has 0 bridgehead atoms. The molecule has 0 amide bonds.